The maximum Gasteiger partial charge on any atom is 0.187 e. The van der Waals surface area contributed by atoms with Crippen LogP contribution >= 0.6 is 0 Å². The Kier molecular flexibility index (Phi) is 7.91. The lowest BCUT2D eigenvalue weighted by Crippen LogP contribution is -2.65. The third-order valence-corrected chi connectivity index (χ3v) is 5.98. The van der Waals surface area contributed by atoms with Gasteiger partial charge in [0.25, 0.3) is 0 Å². The number of hydrogen-bond donors (Lipinski definition) is 8. The van der Waals surface area contributed by atoms with E-state index in [1.807, 2.05) is 0 Å². The van der Waals surface area contributed by atoms with Gasteiger partial charge in [-0.25, -0.2) is 0 Å². The van der Waals surface area contributed by atoms with Crippen molar-refractivity contribution in [3.63, 3.8) is 0 Å². The van der Waals surface area contributed by atoms with Gasteiger partial charge in [-0.05, 0) is 20.8 Å². The third-order valence-electron chi connectivity index (χ3n) is 5.98. The van der Waals surface area contributed by atoms with Crippen LogP contribution in [0.2, 0.25) is 0 Å². The summed E-state index contributed by atoms with van der Waals surface area (Å²) in [6.45, 7) is 4.34. The van der Waals surface area contributed by atoms with Crippen LogP contribution in [-0.4, -0.2) is 133 Å². The van der Waals surface area contributed by atoms with Gasteiger partial charge < -0.3 is 64.5 Å². The highest BCUT2D eigenvalue weighted by molar-refractivity contribution is 4.94. The maximum atomic E-state index is 10.6. The van der Waals surface area contributed by atoms with Gasteiger partial charge in [-0.3, -0.25) is 0 Å². The molecule has 0 amide bonds. The molecule has 0 aromatic carbocycles. The number of rotatable bonds is 4. The summed E-state index contributed by atoms with van der Waals surface area (Å²) in [5.74, 6) is 0. The van der Waals surface area contributed by atoms with E-state index in [-0.39, 0.29) is 0 Å². The quantitative estimate of drug-likeness (QED) is 0.201. The molecule has 0 spiro atoms. The minimum absolute atomic E-state index is 0.914. The molecule has 3 aliphatic rings. The molecule has 182 valence electrons. The first-order valence-corrected chi connectivity index (χ1v) is 10.2. The van der Waals surface area contributed by atoms with Crippen molar-refractivity contribution in [1.29, 1.82) is 0 Å². The summed E-state index contributed by atoms with van der Waals surface area (Å²) in [7, 11) is 0. The van der Waals surface area contributed by atoms with E-state index in [1.165, 1.54) is 20.8 Å². The van der Waals surface area contributed by atoms with Crippen molar-refractivity contribution in [3.05, 3.63) is 0 Å². The van der Waals surface area contributed by atoms with E-state index in [2.05, 4.69) is 0 Å². The lowest BCUT2D eigenvalue weighted by molar-refractivity contribution is -0.382. The SMILES string of the molecule is C[C@@H]1OC(O)[C@H](O[C@@H]2O[C@@H](C)[C@@H](O)[C@@H](O)[C@@H]2O)[C@H](O[C@@H]2O[C@H](C)[C@H](O)[C@H](O)[C@H]2O)[C@H]1O. The van der Waals surface area contributed by atoms with Gasteiger partial charge in [0.15, 0.2) is 18.9 Å². The first-order valence-electron chi connectivity index (χ1n) is 10.2. The van der Waals surface area contributed by atoms with E-state index < -0.39 is 92.1 Å². The van der Waals surface area contributed by atoms with Gasteiger partial charge in [-0.1, -0.05) is 0 Å². The highest BCUT2D eigenvalue weighted by atomic mass is 16.8. The van der Waals surface area contributed by atoms with E-state index in [0.29, 0.717) is 0 Å². The summed E-state index contributed by atoms with van der Waals surface area (Å²) >= 11 is 0. The average Bonchev–Trinajstić information content (AvgIpc) is 2.72. The van der Waals surface area contributed by atoms with Crippen LogP contribution in [0.25, 0.3) is 0 Å². The van der Waals surface area contributed by atoms with Gasteiger partial charge in [-0.15, -0.1) is 0 Å². The van der Waals surface area contributed by atoms with E-state index in [9.17, 15) is 40.9 Å². The van der Waals surface area contributed by atoms with Crippen LogP contribution in [0.5, 0.6) is 0 Å². The van der Waals surface area contributed by atoms with Gasteiger partial charge in [0.05, 0.1) is 18.3 Å². The van der Waals surface area contributed by atoms with Crippen LogP contribution in [0.4, 0.5) is 0 Å². The Bertz CT molecular complexity index is 595. The molecule has 0 bridgehead atoms. The predicted octanol–water partition coefficient (Wildman–Crippen LogP) is -4.49. The van der Waals surface area contributed by atoms with Crippen LogP contribution in [0, 0.1) is 0 Å². The lowest BCUT2D eigenvalue weighted by Gasteiger charge is -2.47. The normalized spacial score (nSPS) is 56.4. The van der Waals surface area contributed by atoms with E-state index in [0.717, 1.165) is 0 Å². The van der Waals surface area contributed by atoms with Crippen molar-refractivity contribution in [1.82, 2.24) is 0 Å². The molecule has 0 aromatic rings. The summed E-state index contributed by atoms with van der Waals surface area (Å²) in [4.78, 5) is 0. The third kappa shape index (κ3) is 4.89. The second-order valence-electron chi connectivity index (χ2n) is 8.29. The van der Waals surface area contributed by atoms with Crippen LogP contribution in [0.3, 0.4) is 0 Å². The fourth-order valence-corrected chi connectivity index (χ4v) is 3.87. The molecule has 3 heterocycles. The summed E-state index contributed by atoms with van der Waals surface area (Å²) < 4.78 is 27.2. The number of aliphatic hydroxyl groups is 8. The smallest absolute Gasteiger partial charge is 0.187 e. The summed E-state index contributed by atoms with van der Waals surface area (Å²) in [5, 5.41) is 81.0. The van der Waals surface area contributed by atoms with Crippen molar-refractivity contribution in [2.45, 2.75) is 113 Å². The van der Waals surface area contributed by atoms with Crippen molar-refractivity contribution in [2.75, 3.05) is 0 Å². The number of ether oxygens (including phenoxy) is 5. The molecule has 3 fully saturated rings. The molecule has 8 N–H and O–H groups in total. The summed E-state index contributed by atoms with van der Waals surface area (Å²) in [5.41, 5.74) is 0. The monoisotopic (exact) mass is 456 g/mol. The predicted molar refractivity (Wildman–Crippen MR) is 97.0 cm³/mol. The topological polar surface area (TPSA) is 208 Å². The van der Waals surface area contributed by atoms with Crippen molar-refractivity contribution < 1.29 is 64.5 Å². The lowest BCUT2D eigenvalue weighted by atomic mass is 9.97. The Hall–Kier alpha value is -0.520. The van der Waals surface area contributed by atoms with Crippen LogP contribution < -0.4 is 0 Å². The van der Waals surface area contributed by atoms with Gasteiger partial charge in [0.2, 0.25) is 0 Å². The number of aliphatic hydroxyl groups excluding tert-OH is 8. The van der Waals surface area contributed by atoms with E-state index in [1.54, 1.807) is 0 Å². The maximum absolute atomic E-state index is 10.6. The minimum atomic E-state index is -1.69. The second kappa shape index (κ2) is 9.77. The highest BCUT2D eigenvalue weighted by Crippen LogP contribution is 2.32. The molecule has 13 heteroatoms. The Morgan fingerprint density at radius 3 is 1.29 bits per heavy atom. The molecule has 15 atom stereocenters. The van der Waals surface area contributed by atoms with Crippen LogP contribution in [-0.2, 0) is 23.7 Å². The average molecular weight is 456 g/mol. The Labute approximate surface area is 178 Å². The number of hydrogen-bond acceptors (Lipinski definition) is 13. The molecule has 0 aliphatic carbocycles. The molecular formula is C18H32O13. The Morgan fingerprint density at radius 2 is 0.839 bits per heavy atom. The van der Waals surface area contributed by atoms with Crippen LogP contribution in [0.1, 0.15) is 20.8 Å². The van der Waals surface area contributed by atoms with Crippen molar-refractivity contribution >= 4 is 0 Å². The first-order chi connectivity index (χ1) is 14.4. The van der Waals surface area contributed by atoms with Gasteiger partial charge in [-0.2, -0.15) is 0 Å². The minimum Gasteiger partial charge on any atom is -0.388 e. The zero-order valence-corrected chi connectivity index (χ0v) is 17.3. The molecule has 31 heavy (non-hydrogen) atoms. The van der Waals surface area contributed by atoms with Crippen LogP contribution in [0.15, 0.2) is 0 Å². The molecule has 3 rings (SSSR count). The summed E-state index contributed by atoms with van der Waals surface area (Å²) in [6, 6.07) is 0. The van der Waals surface area contributed by atoms with Crippen molar-refractivity contribution in [2.24, 2.45) is 0 Å². The fourth-order valence-electron chi connectivity index (χ4n) is 3.87. The zero-order valence-electron chi connectivity index (χ0n) is 17.3. The molecule has 0 aromatic heterocycles. The van der Waals surface area contributed by atoms with Gasteiger partial charge in [0, 0.05) is 0 Å². The van der Waals surface area contributed by atoms with Gasteiger partial charge >= 0.3 is 0 Å². The molecule has 0 radical (unpaired) electrons. The van der Waals surface area contributed by atoms with E-state index >= 15 is 0 Å². The Balaban J connectivity index is 1.78. The first kappa shape index (κ1) is 25.1. The molecule has 1 unspecified atom stereocenters. The second-order valence-corrected chi connectivity index (χ2v) is 8.29. The molecule has 3 aliphatic heterocycles. The molecule has 13 nitrogen and oxygen atoms in total. The molecular weight excluding hydrogens is 424 g/mol. The van der Waals surface area contributed by atoms with Crippen molar-refractivity contribution in [3.8, 4) is 0 Å². The van der Waals surface area contributed by atoms with Gasteiger partial charge in [0.1, 0.15) is 54.9 Å². The zero-order chi connectivity index (χ0) is 23.2. The largest absolute Gasteiger partial charge is 0.388 e. The molecule has 0 saturated carbocycles. The Morgan fingerprint density at radius 1 is 0.452 bits per heavy atom. The standard InChI is InChI=1S/C18H32O13/c1-4-7(19)10(22)12(24)17(28-4)30-14-9(21)6(3)27-16(26)15(14)31-18-13(25)11(23)8(20)5(2)29-18/h4-26H,1-3H3/t4-,5+,6+,7+,8-,9+,10+,11-,12-,13+,14-,15-,16?,17+,18+/m1/s1. The summed E-state index contributed by atoms with van der Waals surface area (Å²) in [6.07, 6.45) is -21.1. The molecule has 3 saturated heterocycles. The van der Waals surface area contributed by atoms with E-state index in [4.69, 9.17) is 23.7 Å². The highest BCUT2D eigenvalue weighted by Gasteiger charge is 2.52. The fraction of sp³-hybridized carbons (Fsp3) is 1.00.